The molecule has 0 bridgehead atoms. The predicted molar refractivity (Wildman–Crippen MR) is 124 cm³/mol. The molecule has 0 aromatic heterocycles. The lowest BCUT2D eigenvalue weighted by Gasteiger charge is -2.30. The maximum atomic E-state index is 12.8. The first-order valence-corrected chi connectivity index (χ1v) is 11.9. The fourth-order valence-electron chi connectivity index (χ4n) is 3.66. The molecule has 1 aliphatic heterocycles. The van der Waals surface area contributed by atoms with Gasteiger partial charge >= 0.3 is 0 Å². The highest BCUT2D eigenvalue weighted by molar-refractivity contribution is 7.89. The van der Waals surface area contributed by atoms with Gasteiger partial charge in [-0.1, -0.05) is 17.7 Å². The Hall–Kier alpha value is -3.11. The van der Waals surface area contributed by atoms with Gasteiger partial charge in [0, 0.05) is 24.6 Å². The molecular formula is C23H29N3O6S. The topological polar surface area (TPSA) is 107 Å². The molecule has 9 nitrogen and oxygen atoms in total. The van der Waals surface area contributed by atoms with Gasteiger partial charge in [-0.25, -0.2) is 13.8 Å². The third-order valence-corrected chi connectivity index (χ3v) is 7.47. The molecule has 0 saturated carbocycles. The molecule has 3 rings (SSSR count). The molecule has 0 unspecified atom stereocenters. The minimum Gasteiger partial charge on any atom is -0.493 e. The molecule has 0 radical (unpaired) electrons. The molecule has 33 heavy (non-hydrogen) atoms. The smallest absolute Gasteiger partial charge is 0.243 e. The van der Waals surface area contributed by atoms with E-state index < -0.39 is 10.0 Å². The van der Waals surface area contributed by atoms with E-state index in [0.717, 1.165) is 5.56 Å². The summed E-state index contributed by atoms with van der Waals surface area (Å²) in [5, 5.41) is 4.04. The average Bonchev–Trinajstić information content (AvgIpc) is 2.83. The molecule has 1 fully saturated rings. The molecule has 1 N–H and O–H groups in total. The molecule has 0 spiro atoms. The van der Waals surface area contributed by atoms with E-state index in [1.54, 1.807) is 36.4 Å². The lowest BCUT2D eigenvalue weighted by molar-refractivity contribution is -0.126. The monoisotopic (exact) mass is 475 g/mol. The van der Waals surface area contributed by atoms with Crippen LogP contribution in [0.4, 0.5) is 0 Å². The van der Waals surface area contributed by atoms with Crippen molar-refractivity contribution in [3.63, 3.8) is 0 Å². The van der Waals surface area contributed by atoms with E-state index in [1.165, 1.54) is 31.8 Å². The van der Waals surface area contributed by atoms with E-state index in [9.17, 15) is 13.2 Å². The number of amides is 1. The Labute approximate surface area is 194 Å². The van der Waals surface area contributed by atoms with E-state index in [-0.39, 0.29) is 29.8 Å². The maximum absolute atomic E-state index is 12.8. The second-order valence-corrected chi connectivity index (χ2v) is 9.62. The van der Waals surface area contributed by atoms with Gasteiger partial charge in [0.1, 0.15) is 0 Å². The van der Waals surface area contributed by atoms with Crippen molar-refractivity contribution in [3.05, 3.63) is 47.5 Å². The van der Waals surface area contributed by atoms with Crippen LogP contribution in [0.5, 0.6) is 17.2 Å². The highest BCUT2D eigenvalue weighted by Gasteiger charge is 2.32. The van der Waals surface area contributed by atoms with Gasteiger partial charge in [0.2, 0.25) is 21.7 Å². The predicted octanol–water partition coefficient (Wildman–Crippen LogP) is 2.57. The van der Waals surface area contributed by atoms with Crippen molar-refractivity contribution in [3.8, 4) is 17.2 Å². The molecule has 2 aromatic rings. The van der Waals surface area contributed by atoms with Gasteiger partial charge in [-0.3, -0.25) is 4.79 Å². The average molecular weight is 476 g/mol. The standard InChI is InChI=1S/C23H29N3O6S/c1-16-5-7-19(8-6-16)33(28,29)26-11-9-18(10-12-26)23(27)25-24-15-17-13-20(30-2)22(32-4)21(14-17)31-3/h5-8,13-15,18H,9-12H2,1-4H3,(H,25,27). The lowest BCUT2D eigenvalue weighted by Crippen LogP contribution is -2.42. The zero-order chi connectivity index (χ0) is 24.0. The van der Waals surface area contributed by atoms with Crippen LogP contribution in [0.15, 0.2) is 46.4 Å². The number of rotatable bonds is 8. The number of hydrogen-bond donors (Lipinski definition) is 1. The summed E-state index contributed by atoms with van der Waals surface area (Å²) in [7, 11) is 0.996. The minimum atomic E-state index is -3.56. The zero-order valence-electron chi connectivity index (χ0n) is 19.2. The van der Waals surface area contributed by atoms with Crippen LogP contribution in [-0.2, 0) is 14.8 Å². The second kappa shape index (κ2) is 10.7. The number of carbonyl (C=O) groups excluding carboxylic acids is 1. The molecule has 1 amide bonds. The highest BCUT2D eigenvalue weighted by atomic mass is 32.2. The van der Waals surface area contributed by atoms with Crippen molar-refractivity contribution in [1.29, 1.82) is 0 Å². The summed E-state index contributed by atoms with van der Waals surface area (Å²) in [6.07, 6.45) is 2.34. The first-order chi connectivity index (χ1) is 15.8. The number of aryl methyl sites for hydroxylation is 1. The summed E-state index contributed by atoms with van der Waals surface area (Å²) < 4.78 is 43.0. The molecule has 2 aromatic carbocycles. The summed E-state index contributed by atoms with van der Waals surface area (Å²) in [6, 6.07) is 10.2. The quantitative estimate of drug-likeness (QED) is 0.465. The Morgan fingerprint density at radius 3 is 2.12 bits per heavy atom. The normalized spacial score (nSPS) is 15.4. The number of sulfonamides is 1. The van der Waals surface area contributed by atoms with Crippen LogP contribution in [0.2, 0.25) is 0 Å². The Balaban J connectivity index is 1.58. The van der Waals surface area contributed by atoms with Crippen LogP contribution in [0.1, 0.15) is 24.0 Å². The van der Waals surface area contributed by atoms with Gasteiger partial charge in [0.05, 0.1) is 32.4 Å². The van der Waals surface area contributed by atoms with Crippen molar-refractivity contribution in [1.82, 2.24) is 9.73 Å². The van der Waals surface area contributed by atoms with Crippen molar-refractivity contribution < 1.29 is 27.4 Å². The number of piperidine rings is 1. The zero-order valence-corrected chi connectivity index (χ0v) is 20.0. The number of nitrogens with one attached hydrogen (secondary N) is 1. The summed E-state index contributed by atoms with van der Waals surface area (Å²) in [5.74, 6) is 0.865. The van der Waals surface area contributed by atoms with Crippen LogP contribution < -0.4 is 19.6 Å². The number of nitrogens with zero attached hydrogens (tertiary/aromatic N) is 2. The van der Waals surface area contributed by atoms with Gasteiger partial charge in [0.15, 0.2) is 11.5 Å². The van der Waals surface area contributed by atoms with Crippen molar-refractivity contribution >= 4 is 22.1 Å². The van der Waals surface area contributed by atoms with Crippen LogP contribution in [-0.4, -0.2) is 59.3 Å². The number of carbonyl (C=O) groups is 1. The molecule has 178 valence electrons. The summed E-state index contributed by atoms with van der Waals surface area (Å²) in [6.45, 7) is 2.47. The van der Waals surface area contributed by atoms with E-state index in [1.807, 2.05) is 6.92 Å². The van der Waals surface area contributed by atoms with Gasteiger partial charge in [-0.05, 0) is 44.0 Å². The van der Waals surface area contributed by atoms with E-state index in [4.69, 9.17) is 14.2 Å². The van der Waals surface area contributed by atoms with E-state index in [0.29, 0.717) is 35.7 Å². The number of ether oxygens (including phenoxy) is 3. The van der Waals surface area contributed by atoms with Gasteiger partial charge in [-0.2, -0.15) is 9.41 Å². The fourth-order valence-corrected chi connectivity index (χ4v) is 5.12. The summed E-state index contributed by atoms with van der Waals surface area (Å²) >= 11 is 0. The van der Waals surface area contributed by atoms with Crippen LogP contribution in [0.25, 0.3) is 0 Å². The maximum Gasteiger partial charge on any atom is 0.243 e. The second-order valence-electron chi connectivity index (χ2n) is 7.68. The Bertz CT molecular complexity index is 1080. The van der Waals surface area contributed by atoms with Gasteiger partial charge < -0.3 is 14.2 Å². The van der Waals surface area contributed by atoms with Gasteiger partial charge in [0.25, 0.3) is 0 Å². The molecule has 1 saturated heterocycles. The fraction of sp³-hybridized carbons (Fsp3) is 0.391. The Kier molecular flexibility index (Phi) is 7.93. The Morgan fingerprint density at radius 2 is 1.61 bits per heavy atom. The molecular weight excluding hydrogens is 446 g/mol. The first kappa shape index (κ1) is 24.5. The molecule has 1 heterocycles. The molecule has 0 atom stereocenters. The third-order valence-electron chi connectivity index (χ3n) is 5.56. The SMILES string of the molecule is COc1cc(C=NNC(=O)C2CCN(S(=O)(=O)c3ccc(C)cc3)CC2)cc(OC)c1OC. The summed E-state index contributed by atoms with van der Waals surface area (Å²) in [5.41, 5.74) is 4.20. The van der Waals surface area contributed by atoms with Gasteiger partial charge in [-0.15, -0.1) is 0 Å². The minimum absolute atomic E-state index is 0.244. The van der Waals surface area contributed by atoms with Crippen molar-refractivity contribution in [2.24, 2.45) is 11.0 Å². The first-order valence-electron chi connectivity index (χ1n) is 10.5. The molecule has 0 aliphatic carbocycles. The van der Waals surface area contributed by atoms with Crippen LogP contribution in [0.3, 0.4) is 0 Å². The lowest BCUT2D eigenvalue weighted by atomic mass is 9.98. The largest absolute Gasteiger partial charge is 0.493 e. The number of methoxy groups -OCH3 is 3. The van der Waals surface area contributed by atoms with Crippen LogP contribution >= 0.6 is 0 Å². The summed E-state index contributed by atoms with van der Waals surface area (Å²) in [4.78, 5) is 12.8. The van der Waals surface area contributed by atoms with Crippen molar-refractivity contribution in [2.45, 2.75) is 24.7 Å². The molecule has 10 heteroatoms. The number of hydrogen-bond acceptors (Lipinski definition) is 7. The number of benzene rings is 2. The molecule has 1 aliphatic rings. The Morgan fingerprint density at radius 1 is 1.03 bits per heavy atom. The third kappa shape index (κ3) is 5.63. The van der Waals surface area contributed by atoms with Crippen molar-refractivity contribution in [2.75, 3.05) is 34.4 Å². The van der Waals surface area contributed by atoms with Crippen LogP contribution in [0, 0.1) is 12.8 Å². The van der Waals surface area contributed by atoms with E-state index in [2.05, 4.69) is 10.5 Å². The number of hydrazone groups is 1. The highest BCUT2D eigenvalue weighted by Crippen LogP contribution is 2.37. The van der Waals surface area contributed by atoms with E-state index >= 15 is 0 Å².